The van der Waals surface area contributed by atoms with Crippen LogP contribution < -0.4 is 5.48 Å². The first-order chi connectivity index (χ1) is 13.9. The Morgan fingerprint density at radius 3 is 2.50 bits per heavy atom. The van der Waals surface area contributed by atoms with Crippen LogP contribution in [0.15, 0.2) is 0 Å². The predicted octanol–water partition coefficient (Wildman–Crippen LogP) is 0.0466. The number of rotatable bonds is 6. The van der Waals surface area contributed by atoms with Gasteiger partial charge in [-0.15, -0.1) is 4.28 Å². The van der Waals surface area contributed by atoms with Crippen molar-refractivity contribution in [2.45, 2.75) is 63.8 Å². The van der Waals surface area contributed by atoms with E-state index in [9.17, 15) is 22.8 Å². The normalized spacial score (nSPS) is 26.5. The van der Waals surface area contributed by atoms with E-state index in [1.165, 1.54) is 4.90 Å². The fourth-order valence-corrected chi connectivity index (χ4v) is 3.94. The highest BCUT2D eigenvalue weighted by atomic mass is 32.3. The smallest absolute Gasteiger partial charge is 0.418 e. The molecule has 30 heavy (non-hydrogen) atoms. The minimum absolute atomic E-state index is 0.0618. The average molecular weight is 450 g/mol. The minimum Gasteiger partial charge on any atom is -0.444 e. The topological polar surface area (TPSA) is 155 Å². The van der Waals surface area contributed by atoms with Gasteiger partial charge in [0.05, 0.1) is 18.7 Å². The van der Waals surface area contributed by atoms with Gasteiger partial charge in [0.15, 0.2) is 0 Å². The summed E-state index contributed by atoms with van der Waals surface area (Å²) in [5.74, 6) is -0.571. The summed E-state index contributed by atoms with van der Waals surface area (Å²) in [6.45, 7) is 5.99. The van der Waals surface area contributed by atoms with Crippen molar-refractivity contribution in [2.75, 3.05) is 19.7 Å². The van der Waals surface area contributed by atoms with E-state index in [4.69, 9.17) is 14.1 Å². The fourth-order valence-electron chi connectivity index (χ4n) is 3.56. The molecule has 4 amide bonds. The third kappa shape index (κ3) is 5.11. The first-order valence-corrected chi connectivity index (χ1v) is 10.9. The number of hydrogen-bond donors (Lipinski definition) is 2. The molecule has 0 saturated carbocycles. The molecule has 3 rings (SSSR count). The molecule has 3 aliphatic rings. The van der Waals surface area contributed by atoms with Crippen molar-refractivity contribution in [1.82, 2.24) is 20.3 Å². The molecule has 0 aromatic rings. The predicted molar refractivity (Wildman–Crippen MR) is 98.8 cm³/mol. The Morgan fingerprint density at radius 2 is 1.93 bits per heavy atom. The highest BCUT2D eigenvalue weighted by molar-refractivity contribution is 7.80. The third-order valence-corrected chi connectivity index (χ3v) is 5.37. The van der Waals surface area contributed by atoms with Crippen LogP contribution in [0.3, 0.4) is 0 Å². The number of nitrogens with one attached hydrogen (secondary N) is 1. The molecule has 3 fully saturated rings. The van der Waals surface area contributed by atoms with Gasteiger partial charge in [0.1, 0.15) is 11.6 Å². The number of ether oxygens (including phenoxy) is 1. The highest BCUT2D eigenvalue weighted by Crippen LogP contribution is 2.30. The quantitative estimate of drug-likeness (QED) is 0.422. The Labute approximate surface area is 174 Å². The van der Waals surface area contributed by atoms with Crippen LogP contribution in [0.25, 0.3) is 0 Å². The minimum atomic E-state index is -4.85. The second-order valence-corrected chi connectivity index (χ2v) is 9.41. The first-order valence-electron chi connectivity index (χ1n) is 9.54. The van der Waals surface area contributed by atoms with Crippen molar-refractivity contribution < 1.29 is 41.2 Å². The second-order valence-electron chi connectivity index (χ2n) is 8.40. The SMILES string of the molecule is CC(C)(C)OC(=O)N1CC[C@H]1CONC(=O)[C@@H]1CC[C@@H]2CN1C(=O)N2OS(=O)(=O)O. The molecule has 0 unspecified atom stereocenters. The van der Waals surface area contributed by atoms with Crippen LogP contribution in [0.2, 0.25) is 0 Å². The van der Waals surface area contributed by atoms with Crippen LogP contribution >= 0.6 is 0 Å². The fraction of sp³-hybridized carbons (Fsp3) is 0.812. The number of nitrogens with zero attached hydrogens (tertiary/aromatic N) is 3. The Bertz CT molecular complexity index is 812. The van der Waals surface area contributed by atoms with Crippen LogP contribution in [0.1, 0.15) is 40.0 Å². The van der Waals surface area contributed by atoms with E-state index in [1.807, 2.05) is 0 Å². The number of piperidine rings is 1. The lowest BCUT2D eigenvalue weighted by molar-refractivity contribution is -0.141. The van der Waals surface area contributed by atoms with Crippen LogP contribution in [0.5, 0.6) is 0 Å². The van der Waals surface area contributed by atoms with Crippen LogP contribution in [0.4, 0.5) is 9.59 Å². The average Bonchev–Trinajstić information content (AvgIpc) is 2.79. The summed E-state index contributed by atoms with van der Waals surface area (Å²) < 4.78 is 40.3. The lowest BCUT2D eigenvalue weighted by Crippen LogP contribution is -2.56. The summed E-state index contributed by atoms with van der Waals surface area (Å²) in [4.78, 5) is 44.8. The highest BCUT2D eigenvalue weighted by Gasteiger charge is 2.49. The molecule has 2 bridgehead atoms. The van der Waals surface area contributed by atoms with E-state index >= 15 is 0 Å². The molecule has 170 valence electrons. The van der Waals surface area contributed by atoms with Crippen molar-refractivity contribution >= 4 is 28.4 Å². The zero-order valence-corrected chi connectivity index (χ0v) is 17.8. The zero-order chi connectivity index (χ0) is 22.3. The summed E-state index contributed by atoms with van der Waals surface area (Å²) in [6, 6.07) is -2.51. The van der Waals surface area contributed by atoms with Gasteiger partial charge in [-0.05, 0) is 40.0 Å². The maximum atomic E-state index is 12.5. The summed E-state index contributed by atoms with van der Waals surface area (Å²) in [5.41, 5.74) is 1.68. The molecule has 3 atom stereocenters. The van der Waals surface area contributed by atoms with Crippen molar-refractivity contribution in [3.05, 3.63) is 0 Å². The van der Waals surface area contributed by atoms with E-state index < -0.39 is 46.1 Å². The third-order valence-electron chi connectivity index (χ3n) is 5.02. The van der Waals surface area contributed by atoms with E-state index in [-0.39, 0.29) is 25.6 Å². The van der Waals surface area contributed by atoms with Crippen molar-refractivity contribution in [2.24, 2.45) is 0 Å². The number of fused-ring (bicyclic) bond motifs is 2. The molecule has 0 radical (unpaired) electrons. The number of likely N-dealkylation sites (tertiary alicyclic amines) is 1. The van der Waals surface area contributed by atoms with Gasteiger partial charge in [0.25, 0.3) is 5.91 Å². The van der Waals surface area contributed by atoms with E-state index in [0.29, 0.717) is 24.4 Å². The Hall–Kier alpha value is -2.16. The molecule has 3 heterocycles. The molecule has 2 N–H and O–H groups in total. The largest absolute Gasteiger partial charge is 0.444 e. The number of carbonyl (C=O) groups excluding carboxylic acids is 3. The van der Waals surface area contributed by atoms with Gasteiger partial charge in [-0.1, -0.05) is 0 Å². The Morgan fingerprint density at radius 1 is 1.23 bits per heavy atom. The molecule has 0 aromatic carbocycles. The summed E-state index contributed by atoms with van der Waals surface area (Å²) >= 11 is 0. The molecule has 3 saturated heterocycles. The van der Waals surface area contributed by atoms with E-state index in [2.05, 4.69) is 9.76 Å². The van der Waals surface area contributed by atoms with Crippen molar-refractivity contribution in [1.29, 1.82) is 0 Å². The molecule has 0 aliphatic carbocycles. The maximum absolute atomic E-state index is 12.5. The molecular weight excluding hydrogens is 424 g/mol. The van der Waals surface area contributed by atoms with Gasteiger partial charge < -0.3 is 14.5 Å². The first kappa shape index (κ1) is 22.5. The molecule has 3 aliphatic heterocycles. The number of hydrogen-bond acceptors (Lipinski definition) is 8. The molecule has 0 spiro atoms. The zero-order valence-electron chi connectivity index (χ0n) is 16.9. The monoisotopic (exact) mass is 450 g/mol. The Balaban J connectivity index is 1.47. The molecule has 0 aromatic heterocycles. The van der Waals surface area contributed by atoms with Gasteiger partial charge >= 0.3 is 22.5 Å². The van der Waals surface area contributed by atoms with Gasteiger partial charge in [-0.2, -0.15) is 13.5 Å². The second kappa shape index (κ2) is 8.17. The number of urea groups is 1. The van der Waals surface area contributed by atoms with Crippen LogP contribution in [-0.2, 0) is 29.1 Å². The van der Waals surface area contributed by atoms with Crippen LogP contribution in [0, 0.1) is 0 Å². The number of amides is 4. The number of carbonyl (C=O) groups is 3. The van der Waals surface area contributed by atoms with Crippen molar-refractivity contribution in [3.8, 4) is 0 Å². The maximum Gasteiger partial charge on any atom is 0.418 e. The summed E-state index contributed by atoms with van der Waals surface area (Å²) in [6.07, 6.45) is 0.829. The molecule has 14 heteroatoms. The van der Waals surface area contributed by atoms with Gasteiger partial charge in [-0.3, -0.25) is 14.2 Å². The van der Waals surface area contributed by atoms with Gasteiger partial charge in [0, 0.05) is 13.1 Å². The molecule has 13 nitrogen and oxygen atoms in total. The van der Waals surface area contributed by atoms with Gasteiger partial charge in [-0.25, -0.2) is 15.1 Å². The van der Waals surface area contributed by atoms with Gasteiger partial charge in [0.2, 0.25) is 0 Å². The summed E-state index contributed by atoms with van der Waals surface area (Å²) in [7, 11) is -4.85. The summed E-state index contributed by atoms with van der Waals surface area (Å²) in [5, 5.41) is 0.566. The van der Waals surface area contributed by atoms with Crippen LogP contribution in [-0.4, -0.2) is 89.3 Å². The Kier molecular flexibility index (Phi) is 6.13. The standard InChI is InChI=1S/C16H26N4O9S/c1-16(2,3)28-15(23)18-7-6-11(18)9-27-17-13(21)12-5-4-10-8-19(12)14(22)20(10)29-30(24,25)26/h10-12H,4-9H2,1-3H3,(H,17,21)(H,24,25,26)/t10-,11+,12+/m1/s1. The lowest BCUT2D eigenvalue weighted by Gasteiger charge is -2.41. The molecular formula is C16H26N4O9S. The van der Waals surface area contributed by atoms with Crippen molar-refractivity contribution in [3.63, 3.8) is 0 Å². The van der Waals surface area contributed by atoms with E-state index in [1.54, 1.807) is 20.8 Å². The lowest BCUT2D eigenvalue weighted by atomic mass is 10.0. The van der Waals surface area contributed by atoms with E-state index in [0.717, 1.165) is 4.90 Å². The number of hydroxylamine groups is 3.